The Balaban J connectivity index is 2.42. The fourth-order valence-electron chi connectivity index (χ4n) is 2.17. The van der Waals surface area contributed by atoms with Gasteiger partial charge in [0.2, 0.25) is 0 Å². The Bertz CT molecular complexity index is 613. The Kier molecular flexibility index (Phi) is 4.25. The Hall–Kier alpha value is -2.07. The minimum Gasteiger partial charge on any atom is -0.493 e. The summed E-state index contributed by atoms with van der Waals surface area (Å²) < 4.78 is 23.8. The van der Waals surface area contributed by atoms with Gasteiger partial charge < -0.3 is 15.2 Å². The Morgan fingerprint density at radius 3 is 2.35 bits per heavy atom. The number of methoxy groups -OCH3 is 2. The summed E-state index contributed by atoms with van der Waals surface area (Å²) in [7, 11) is 3.15. The van der Waals surface area contributed by atoms with Gasteiger partial charge in [0.15, 0.2) is 11.5 Å². The van der Waals surface area contributed by atoms with Gasteiger partial charge in [-0.1, -0.05) is 12.1 Å². The van der Waals surface area contributed by atoms with Gasteiger partial charge in [-0.15, -0.1) is 0 Å². The molecule has 0 saturated carbocycles. The first-order valence-corrected chi connectivity index (χ1v) is 6.30. The smallest absolute Gasteiger partial charge is 0.161 e. The van der Waals surface area contributed by atoms with Crippen molar-refractivity contribution in [2.24, 2.45) is 5.73 Å². The van der Waals surface area contributed by atoms with Gasteiger partial charge >= 0.3 is 0 Å². The monoisotopic (exact) mass is 275 g/mol. The lowest BCUT2D eigenvalue weighted by molar-refractivity contribution is 0.354. The first-order chi connectivity index (χ1) is 9.56. The lowest BCUT2D eigenvalue weighted by atomic mass is 9.95. The minimum atomic E-state index is -0.412. The van der Waals surface area contributed by atoms with Crippen molar-refractivity contribution in [1.82, 2.24) is 0 Å². The molecule has 0 spiro atoms. The highest BCUT2D eigenvalue weighted by Crippen LogP contribution is 2.32. The second-order valence-corrected chi connectivity index (χ2v) is 4.59. The van der Waals surface area contributed by atoms with E-state index >= 15 is 0 Å². The van der Waals surface area contributed by atoms with Crippen molar-refractivity contribution in [3.05, 3.63) is 58.9 Å². The third-order valence-corrected chi connectivity index (χ3v) is 3.34. The summed E-state index contributed by atoms with van der Waals surface area (Å²) in [5.41, 5.74) is 8.80. The highest BCUT2D eigenvalue weighted by molar-refractivity contribution is 5.46. The van der Waals surface area contributed by atoms with Crippen LogP contribution in [0.3, 0.4) is 0 Å². The first-order valence-electron chi connectivity index (χ1n) is 6.30. The second-order valence-electron chi connectivity index (χ2n) is 4.59. The van der Waals surface area contributed by atoms with Gasteiger partial charge in [-0.25, -0.2) is 4.39 Å². The number of hydrogen-bond acceptors (Lipinski definition) is 3. The van der Waals surface area contributed by atoms with Crippen LogP contribution in [-0.4, -0.2) is 14.2 Å². The van der Waals surface area contributed by atoms with Crippen LogP contribution in [0.4, 0.5) is 4.39 Å². The summed E-state index contributed by atoms with van der Waals surface area (Å²) in [6.45, 7) is 1.91. The molecular weight excluding hydrogens is 257 g/mol. The van der Waals surface area contributed by atoms with Crippen molar-refractivity contribution in [2.75, 3.05) is 14.2 Å². The second kappa shape index (κ2) is 5.92. The highest BCUT2D eigenvalue weighted by atomic mass is 19.1. The Labute approximate surface area is 118 Å². The fourth-order valence-corrected chi connectivity index (χ4v) is 2.17. The number of rotatable bonds is 4. The molecule has 0 aromatic heterocycles. The third kappa shape index (κ3) is 2.75. The molecule has 0 fully saturated rings. The van der Waals surface area contributed by atoms with E-state index < -0.39 is 6.04 Å². The van der Waals surface area contributed by atoms with Crippen LogP contribution in [0, 0.1) is 12.7 Å². The van der Waals surface area contributed by atoms with E-state index in [9.17, 15) is 4.39 Å². The molecule has 3 nitrogen and oxygen atoms in total. The van der Waals surface area contributed by atoms with E-state index in [-0.39, 0.29) is 5.82 Å². The molecule has 2 aromatic rings. The summed E-state index contributed by atoms with van der Waals surface area (Å²) in [5, 5.41) is 0. The molecule has 20 heavy (non-hydrogen) atoms. The molecule has 0 aliphatic carbocycles. The van der Waals surface area contributed by atoms with Crippen molar-refractivity contribution in [3.63, 3.8) is 0 Å². The summed E-state index contributed by atoms with van der Waals surface area (Å²) in [4.78, 5) is 0. The normalized spacial score (nSPS) is 12.1. The molecule has 0 aliphatic rings. The van der Waals surface area contributed by atoms with E-state index in [4.69, 9.17) is 15.2 Å². The topological polar surface area (TPSA) is 44.5 Å². The summed E-state index contributed by atoms with van der Waals surface area (Å²) >= 11 is 0. The van der Waals surface area contributed by atoms with Crippen LogP contribution in [-0.2, 0) is 0 Å². The van der Waals surface area contributed by atoms with Crippen LogP contribution in [0.5, 0.6) is 11.5 Å². The van der Waals surface area contributed by atoms with Gasteiger partial charge in [-0.05, 0) is 47.9 Å². The quantitative estimate of drug-likeness (QED) is 0.932. The van der Waals surface area contributed by atoms with Crippen molar-refractivity contribution in [3.8, 4) is 11.5 Å². The van der Waals surface area contributed by atoms with Crippen molar-refractivity contribution in [2.45, 2.75) is 13.0 Å². The van der Waals surface area contributed by atoms with E-state index in [0.717, 1.165) is 16.7 Å². The fraction of sp³-hybridized carbons (Fsp3) is 0.250. The number of ether oxygens (including phenoxy) is 2. The standard InChI is InChI=1S/C16H18FNO2/c1-10-4-6-12(17)9-13(10)16(18)11-5-7-14(19-2)15(8-11)20-3/h4-9,16H,18H2,1-3H3. The molecule has 2 rings (SSSR count). The molecule has 0 heterocycles. The van der Waals surface area contributed by atoms with Gasteiger partial charge in [0, 0.05) is 0 Å². The van der Waals surface area contributed by atoms with Crippen molar-refractivity contribution in [1.29, 1.82) is 0 Å². The summed E-state index contributed by atoms with van der Waals surface area (Å²) in [6.07, 6.45) is 0. The van der Waals surface area contributed by atoms with Crippen molar-refractivity contribution >= 4 is 0 Å². The number of nitrogens with two attached hydrogens (primary N) is 1. The Morgan fingerprint density at radius 1 is 1.00 bits per heavy atom. The molecule has 2 aromatic carbocycles. The van der Waals surface area contributed by atoms with Crippen LogP contribution in [0.15, 0.2) is 36.4 Å². The molecule has 4 heteroatoms. The lowest BCUT2D eigenvalue weighted by Crippen LogP contribution is -2.13. The molecule has 106 valence electrons. The van der Waals surface area contributed by atoms with Crippen LogP contribution in [0.25, 0.3) is 0 Å². The van der Waals surface area contributed by atoms with Crippen LogP contribution >= 0.6 is 0 Å². The number of halogens is 1. The zero-order chi connectivity index (χ0) is 14.7. The average molecular weight is 275 g/mol. The van der Waals surface area contributed by atoms with Gasteiger partial charge in [0.05, 0.1) is 20.3 Å². The highest BCUT2D eigenvalue weighted by Gasteiger charge is 2.15. The summed E-state index contributed by atoms with van der Waals surface area (Å²) in [5.74, 6) is 0.954. The minimum absolute atomic E-state index is 0.290. The maximum atomic E-state index is 13.4. The molecule has 0 saturated heterocycles. The lowest BCUT2D eigenvalue weighted by Gasteiger charge is -2.17. The van der Waals surface area contributed by atoms with Gasteiger partial charge in [0.25, 0.3) is 0 Å². The van der Waals surface area contributed by atoms with Crippen LogP contribution < -0.4 is 15.2 Å². The zero-order valence-electron chi connectivity index (χ0n) is 11.8. The van der Waals surface area contributed by atoms with E-state index in [0.29, 0.717) is 11.5 Å². The molecule has 2 N–H and O–H groups in total. The predicted octanol–water partition coefficient (Wildman–Crippen LogP) is 3.20. The first kappa shape index (κ1) is 14.3. The average Bonchev–Trinajstić information content (AvgIpc) is 2.48. The summed E-state index contributed by atoms with van der Waals surface area (Å²) in [6, 6.07) is 9.68. The maximum Gasteiger partial charge on any atom is 0.161 e. The molecular formula is C16H18FNO2. The molecule has 0 aliphatic heterocycles. The van der Waals surface area contributed by atoms with Crippen LogP contribution in [0.2, 0.25) is 0 Å². The largest absolute Gasteiger partial charge is 0.493 e. The van der Waals surface area contributed by atoms with Gasteiger partial charge in [-0.2, -0.15) is 0 Å². The van der Waals surface area contributed by atoms with Crippen LogP contribution in [0.1, 0.15) is 22.7 Å². The molecule has 1 atom stereocenters. The van der Waals surface area contributed by atoms with Gasteiger partial charge in [0.1, 0.15) is 5.82 Å². The van der Waals surface area contributed by atoms with E-state index in [1.165, 1.54) is 12.1 Å². The maximum absolute atomic E-state index is 13.4. The zero-order valence-corrected chi connectivity index (χ0v) is 11.8. The van der Waals surface area contributed by atoms with Gasteiger partial charge in [-0.3, -0.25) is 0 Å². The van der Waals surface area contributed by atoms with E-state index in [1.807, 2.05) is 19.1 Å². The molecule has 0 bridgehead atoms. The van der Waals surface area contributed by atoms with E-state index in [1.54, 1.807) is 26.4 Å². The SMILES string of the molecule is COc1ccc(C(N)c2cc(F)ccc2C)cc1OC. The molecule has 0 radical (unpaired) electrons. The van der Waals surface area contributed by atoms with Crippen molar-refractivity contribution < 1.29 is 13.9 Å². The van der Waals surface area contributed by atoms with E-state index in [2.05, 4.69) is 0 Å². The third-order valence-electron chi connectivity index (χ3n) is 3.34. The predicted molar refractivity (Wildman–Crippen MR) is 76.7 cm³/mol. The number of hydrogen-bond donors (Lipinski definition) is 1. The number of aryl methyl sites for hydroxylation is 1. The Morgan fingerprint density at radius 2 is 1.70 bits per heavy atom. The number of benzene rings is 2. The molecule has 0 amide bonds. The molecule has 1 unspecified atom stereocenters.